The molecule has 13 heavy (non-hydrogen) atoms. The number of methoxy groups -OCH3 is 1. The largest absolute Gasteiger partial charge is 0.494 e. The maximum absolute atomic E-state index is 5.85. The van der Waals surface area contributed by atoms with Gasteiger partial charge in [-0.05, 0) is 30.0 Å². The molecule has 0 atom stereocenters. The van der Waals surface area contributed by atoms with Crippen molar-refractivity contribution < 1.29 is 4.74 Å². The van der Waals surface area contributed by atoms with Gasteiger partial charge in [-0.25, -0.2) is 0 Å². The Hall–Kier alpha value is -1.18. The number of hydrogen-bond acceptors (Lipinski definition) is 2. The van der Waals surface area contributed by atoms with Gasteiger partial charge in [0.15, 0.2) is 0 Å². The standard InChI is InChI=1S/C11H17NO/c1-7(2)9-5-8(3)6-10(12)11(9)13-4/h5-7H,12H2,1-4H3. The summed E-state index contributed by atoms with van der Waals surface area (Å²) >= 11 is 0. The first-order valence-corrected chi connectivity index (χ1v) is 4.50. The summed E-state index contributed by atoms with van der Waals surface area (Å²) in [6.45, 7) is 6.31. The lowest BCUT2D eigenvalue weighted by Crippen LogP contribution is -1.99. The number of nitrogens with two attached hydrogens (primary N) is 1. The van der Waals surface area contributed by atoms with Gasteiger partial charge in [0.05, 0.1) is 12.8 Å². The Morgan fingerprint density at radius 2 is 1.92 bits per heavy atom. The van der Waals surface area contributed by atoms with Crippen LogP contribution >= 0.6 is 0 Å². The van der Waals surface area contributed by atoms with Crippen LogP contribution in [-0.4, -0.2) is 7.11 Å². The molecule has 2 N–H and O–H groups in total. The van der Waals surface area contributed by atoms with Crippen LogP contribution in [0.4, 0.5) is 5.69 Å². The Bertz CT molecular complexity index is 305. The van der Waals surface area contributed by atoms with Crippen LogP contribution < -0.4 is 10.5 Å². The highest BCUT2D eigenvalue weighted by atomic mass is 16.5. The van der Waals surface area contributed by atoms with Gasteiger partial charge in [0.1, 0.15) is 5.75 Å². The average Bonchev–Trinajstić information content (AvgIpc) is 2.02. The molecule has 0 aromatic heterocycles. The molecule has 0 amide bonds. The molecule has 1 aromatic carbocycles. The smallest absolute Gasteiger partial charge is 0.145 e. The third kappa shape index (κ3) is 1.94. The minimum absolute atomic E-state index is 0.442. The van der Waals surface area contributed by atoms with E-state index in [2.05, 4.69) is 19.9 Å². The molecule has 0 heterocycles. The van der Waals surface area contributed by atoms with E-state index in [0.717, 1.165) is 11.4 Å². The van der Waals surface area contributed by atoms with Crippen molar-refractivity contribution >= 4 is 5.69 Å². The van der Waals surface area contributed by atoms with Gasteiger partial charge in [0.25, 0.3) is 0 Å². The van der Waals surface area contributed by atoms with E-state index in [1.807, 2.05) is 13.0 Å². The van der Waals surface area contributed by atoms with Gasteiger partial charge in [0.2, 0.25) is 0 Å². The number of aryl methyl sites for hydroxylation is 1. The Balaban J connectivity index is 3.29. The number of hydrogen-bond donors (Lipinski definition) is 1. The molecule has 0 aliphatic carbocycles. The molecular formula is C11H17NO. The molecule has 0 bridgehead atoms. The highest BCUT2D eigenvalue weighted by Gasteiger charge is 2.10. The molecule has 0 aliphatic heterocycles. The zero-order valence-electron chi connectivity index (χ0n) is 8.72. The number of rotatable bonds is 2. The Morgan fingerprint density at radius 3 is 2.38 bits per heavy atom. The van der Waals surface area contributed by atoms with Crippen molar-refractivity contribution in [2.45, 2.75) is 26.7 Å². The first-order valence-electron chi connectivity index (χ1n) is 4.50. The summed E-state index contributed by atoms with van der Waals surface area (Å²) in [6, 6.07) is 4.06. The van der Waals surface area contributed by atoms with Crippen molar-refractivity contribution in [3.8, 4) is 5.75 Å². The zero-order valence-corrected chi connectivity index (χ0v) is 8.72. The van der Waals surface area contributed by atoms with E-state index in [-0.39, 0.29) is 0 Å². The topological polar surface area (TPSA) is 35.2 Å². The molecule has 0 spiro atoms. The minimum Gasteiger partial charge on any atom is -0.494 e. The third-order valence-corrected chi connectivity index (χ3v) is 2.12. The van der Waals surface area contributed by atoms with E-state index in [0.29, 0.717) is 5.92 Å². The monoisotopic (exact) mass is 179 g/mol. The van der Waals surface area contributed by atoms with Crippen LogP contribution in [0.1, 0.15) is 30.9 Å². The van der Waals surface area contributed by atoms with Crippen molar-refractivity contribution in [1.29, 1.82) is 0 Å². The molecule has 0 radical (unpaired) electrons. The van der Waals surface area contributed by atoms with Crippen LogP contribution in [0.3, 0.4) is 0 Å². The van der Waals surface area contributed by atoms with Crippen molar-refractivity contribution in [2.24, 2.45) is 0 Å². The molecule has 0 unspecified atom stereocenters. The maximum Gasteiger partial charge on any atom is 0.145 e. The number of nitrogen functional groups attached to an aromatic ring is 1. The number of benzene rings is 1. The summed E-state index contributed by atoms with van der Waals surface area (Å²) in [5.74, 6) is 1.26. The fourth-order valence-corrected chi connectivity index (χ4v) is 1.49. The summed E-state index contributed by atoms with van der Waals surface area (Å²) in [5, 5.41) is 0. The van der Waals surface area contributed by atoms with E-state index in [4.69, 9.17) is 10.5 Å². The molecule has 0 fully saturated rings. The molecule has 1 aromatic rings. The number of ether oxygens (including phenoxy) is 1. The Morgan fingerprint density at radius 1 is 1.31 bits per heavy atom. The van der Waals surface area contributed by atoms with Gasteiger partial charge < -0.3 is 10.5 Å². The fraction of sp³-hybridized carbons (Fsp3) is 0.455. The van der Waals surface area contributed by atoms with Crippen LogP contribution in [0.2, 0.25) is 0 Å². The van der Waals surface area contributed by atoms with Gasteiger partial charge in [-0.3, -0.25) is 0 Å². The molecule has 0 aliphatic rings. The summed E-state index contributed by atoms with van der Waals surface area (Å²) in [6.07, 6.45) is 0. The van der Waals surface area contributed by atoms with Gasteiger partial charge in [-0.2, -0.15) is 0 Å². The van der Waals surface area contributed by atoms with Crippen LogP contribution in [0.25, 0.3) is 0 Å². The van der Waals surface area contributed by atoms with Crippen molar-refractivity contribution in [3.05, 3.63) is 23.3 Å². The lowest BCUT2D eigenvalue weighted by Gasteiger charge is -2.14. The predicted octanol–water partition coefficient (Wildman–Crippen LogP) is 2.71. The van der Waals surface area contributed by atoms with Gasteiger partial charge in [-0.1, -0.05) is 19.9 Å². The molecule has 2 heteroatoms. The molecule has 0 saturated heterocycles. The average molecular weight is 179 g/mol. The van der Waals surface area contributed by atoms with Crippen LogP contribution in [0.5, 0.6) is 5.75 Å². The summed E-state index contributed by atoms with van der Waals surface area (Å²) in [5.41, 5.74) is 8.94. The molecule has 1 rings (SSSR count). The predicted molar refractivity (Wildman–Crippen MR) is 56.2 cm³/mol. The van der Waals surface area contributed by atoms with E-state index in [1.165, 1.54) is 11.1 Å². The van der Waals surface area contributed by atoms with E-state index >= 15 is 0 Å². The van der Waals surface area contributed by atoms with Crippen LogP contribution in [-0.2, 0) is 0 Å². The van der Waals surface area contributed by atoms with E-state index < -0.39 is 0 Å². The summed E-state index contributed by atoms with van der Waals surface area (Å²) < 4.78 is 5.27. The fourth-order valence-electron chi connectivity index (χ4n) is 1.49. The quantitative estimate of drug-likeness (QED) is 0.708. The highest BCUT2D eigenvalue weighted by molar-refractivity contribution is 5.59. The first kappa shape index (κ1) is 9.90. The molecule has 0 saturated carbocycles. The zero-order chi connectivity index (χ0) is 10.0. The minimum atomic E-state index is 0.442. The van der Waals surface area contributed by atoms with Crippen molar-refractivity contribution in [1.82, 2.24) is 0 Å². The lowest BCUT2D eigenvalue weighted by atomic mass is 9.99. The van der Waals surface area contributed by atoms with Crippen molar-refractivity contribution in [2.75, 3.05) is 12.8 Å². The van der Waals surface area contributed by atoms with E-state index in [1.54, 1.807) is 7.11 Å². The maximum atomic E-state index is 5.85. The van der Waals surface area contributed by atoms with Gasteiger partial charge in [-0.15, -0.1) is 0 Å². The second-order valence-corrected chi connectivity index (χ2v) is 3.63. The van der Waals surface area contributed by atoms with Gasteiger partial charge in [0, 0.05) is 0 Å². The summed E-state index contributed by atoms with van der Waals surface area (Å²) in [4.78, 5) is 0. The van der Waals surface area contributed by atoms with Crippen LogP contribution in [0.15, 0.2) is 12.1 Å². The normalized spacial score (nSPS) is 10.5. The Labute approximate surface area is 79.7 Å². The lowest BCUT2D eigenvalue weighted by molar-refractivity contribution is 0.409. The third-order valence-electron chi connectivity index (χ3n) is 2.12. The molecular weight excluding hydrogens is 162 g/mol. The van der Waals surface area contributed by atoms with Crippen molar-refractivity contribution in [3.63, 3.8) is 0 Å². The SMILES string of the molecule is COc1c(N)cc(C)cc1C(C)C. The second-order valence-electron chi connectivity index (χ2n) is 3.63. The molecule has 2 nitrogen and oxygen atoms in total. The van der Waals surface area contributed by atoms with Crippen LogP contribution in [0, 0.1) is 6.92 Å². The second kappa shape index (κ2) is 3.69. The Kier molecular flexibility index (Phi) is 2.81. The van der Waals surface area contributed by atoms with E-state index in [9.17, 15) is 0 Å². The highest BCUT2D eigenvalue weighted by Crippen LogP contribution is 2.32. The first-order chi connectivity index (χ1) is 6.06. The number of anilines is 1. The van der Waals surface area contributed by atoms with Gasteiger partial charge >= 0.3 is 0 Å². The summed E-state index contributed by atoms with van der Waals surface area (Å²) in [7, 11) is 1.66. The molecule has 72 valence electrons.